The first kappa shape index (κ1) is 15.3. The SMILES string of the molecule is CCC[C@@H]1CC[C@@H]2C[C@H](c3ccc(Cl)c(F)c3)CC[C@@H]2C1. The number of rotatable bonds is 3. The first-order valence-electron chi connectivity index (χ1n) is 8.62. The van der Waals surface area contributed by atoms with Crippen LogP contribution in [0, 0.1) is 23.6 Å². The summed E-state index contributed by atoms with van der Waals surface area (Å²) in [5.74, 6) is 3.06. The summed E-state index contributed by atoms with van der Waals surface area (Å²) in [5, 5.41) is 0.243. The van der Waals surface area contributed by atoms with E-state index in [9.17, 15) is 4.39 Å². The molecule has 0 heterocycles. The van der Waals surface area contributed by atoms with Gasteiger partial charge in [-0.05, 0) is 73.5 Å². The summed E-state index contributed by atoms with van der Waals surface area (Å²) in [6.45, 7) is 2.30. The van der Waals surface area contributed by atoms with Crippen molar-refractivity contribution >= 4 is 11.6 Å². The molecule has 0 amide bonds. The number of fused-ring (bicyclic) bond motifs is 1. The molecule has 0 aromatic heterocycles. The molecule has 2 aliphatic rings. The van der Waals surface area contributed by atoms with Crippen LogP contribution in [0.25, 0.3) is 0 Å². The minimum atomic E-state index is -0.261. The molecule has 21 heavy (non-hydrogen) atoms. The highest BCUT2D eigenvalue weighted by molar-refractivity contribution is 6.30. The van der Waals surface area contributed by atoms with Gasteiger partial charge in [0.1, 0.15) is 5.82 Å². The van der Waals surface area contributed by atoms with E-state index in [2.05, 4.69) is 6.92 Å². The largest absolute Gasteiger partial charge is 0.205 e. The van der Waals surface area contributed by atoms with Gasteiger partial charge in [0, 0.05) is 0 Å². The van der Waals surface area contributed by atoms with Gasteiger partial charge >= 0.3 is 0 Å². The van der Waals surface area contributed by atoms with Crippen LogP contribution in [0.5, 0.6) is 0 Å². The minimum Gasteiger partial charge on any atom is -0.205 e. The first-order chi connectivity index (χ1) is 10.2. The predicted molar refractivity (Wildman–Crippen MR) is 87.2 cm³/mol. The van der Waals surface area contributed by atoms with Crippen molar-refractivity contribution in [2.75, 3.05) is 0 Å². The normalized spacial score (nSPS) is 32.7. The maximum Gasteiger partial charge on any atom is 0.142 e. The quantitative estimate of drug-likeness (QED) is 0.591. The topological polar surface area (TPSA) is 0 Å². The Morgan fingerprint density at radius 3 is 2.62 bits per heavy atom. The number of hydrogen-bond acceptors (Lipinski definition) is 0. The molecule has 0 N–H and O–H groups in total. The number of halogens is 2. The molecule has 0 radical (unpaired) electrons. The second-order valence-electron chi connectivity index (χ2n) is 7.17. The molecule has 0 bridgehead atoms. The Morgan fingerprint density at radius 2 is 1.86 bits per heavy atom. The summed E-state index contributed by atoms with van der Waals surface area (Å²) in [6.07, 6.45) is 10.8. The van der Waals surface area contributed by atoms with Crippen LogP contribution in [0.15, 0.2) is 18.2 Å². The van der Waals surface area contributed by atoms with Crippen LogP contribution in [0.4, 0.5) is 4.39 Å². The Labute approximate surface area is 133 Å². The van der Waals surface area contributed by atoms with Gasteiger partial charge in [-0.1, -0.05) is 43.9 Å². The number of hydrogen-bond donors (Lipinski definition) is 0. The lowest BCUT2D eigenvalue weighted by Gasteiger charge is -2.42. The van der Waals surface area contributed by atoms with Crippen LogP contribution in [-0.4, -0.2) is 0 Å². The summed E-state index contributed by atoms with van der Waals surface area (Å²) < 4.78 is 13.7. The van der Waals surface area contributed by atoms with Crippen LogP contribution in [0.2, 0.25) is 5.02 Å². The van der Waals surface area contributed by atoms with Gasteiger partial charge in [0.2, 0.25) is 0 Å². The summed E-state index contributed by atoms with van der Waals surface area (Å²) >= 11 is 5.80. The van der Waals surface area contributed by atoms with E-state index < -0.39 is 0 Å². The summed E-state index contributed by atoms with van der Waals surface area (Å²) in [7, 11) is 0. The third-order valence-electron chi connectivity index (χ3n) is 5.83. The van der Waals surface area contributed by atoms with Crippen molar-refractivity contribution in [1.82, 2.24) is 0 Å². The molecule has 2 fully saturated rings. The van der Waals surface area contributed by atoms with E-state index in [4.69, 9.17) is 11.6 Å². The van der Waals surface area contributed by atoms with E-state index in [1.807, 2.05) is 6.07 Å². The fourth-order valence-corrected chi connectivity index (χ4v) is 4.84. The van der Waals surface area contributed by atoms with Crippen molar-refractivity contribution < 1.29 is 4.39 Å². The first-order valence-corrected chi connectivity index (χ1v) is 9.00. The van der Waals surface area contributed by atoms with E-state index in [0.29, 0.717) is 5.92 Å². The van der Waals surface area contributed by atoms with Crippen LogP contribution in [0.3, 0.4) is 0 Å². The predicted octanol–water partition coefficient (Wildman–Crippen LogP) is 6.58. The van der Waals surface area contributed by atoms with Crippen molar-refractivity contribution in [2.24, 2.45) is 17.8 Å². The Hall–Kier alpha value is -0.560. The summed E-state index contributed by atoms with van der Waals surface area (Å²) in [6, 6.07) is 5.41. The van der Waals surface area contributed by atoms with Crippen molar-refractivity contribution in [3.8, 4) is 0 Å². The Kier molecular flexibility index (Phi) is 4.88. The van der Waals surface area contributed by atoms with Gasteiger partial charge in [0.25, 0.3) is 0 Å². The molecule has 2 heteroatoms. The molecule has 0 spiro atoms. The molecule has 2 saturated carbocycles. The maximum atomic E-state index is 13.7. The highest BCUT2D eigenvalue weighted by atomic mass is 35.5. The minimum absolute atomic E-state index is 0.243. The van der Waals surface area contributed by atoms with Gasteiger partial charge in [-0.3, -0.25) is 0 Å². The molecule has 4 atom stereocenters. The van der Waals surface area contributed by atoms with Crippen LogP contribution in [-0.2, 0) is 0 Å². The van der Waals surface area contributed by atoms with E-state index in [1.165, 1.54) is 51.4 Å². The molecule has 0 saturated heterocycles. The van der Waals surface area contributed by atoms with Gasteiger partial charge in [-0.25, -0.2) is 4.39 Å². The standard InChI is InChI=1S/C19H26ClF/c1-2-3-13-4-5-15-11-16(7-6-14(15)10-13)17-8-9-18(20)19(21)12-17/h8-9,12-16H,2-7,10-11H2,1H3/t13-,14-,15-,16-/m1/s1. The van der Waals surface area contributed by atoms with Gasteiger partial charge in [0.05, 0.1) is 5.02 Å². The molecule has 2 aliphatic carbocycles. The lowest BCUT2D eigenvalue weighted by molar-refractivity contribution is 0.114. The third-order valence-corrected chi connectivity index (χ3v) is 6.14. The van der Waals surface area contributed by atoms with Crippen molar-refractivity contribution in [3.05, 3.63) is 34.6 Å². The highest BCUT2D eigenvalue weighted by Crippen LogP contribution is 2.48. The molecule has 0 nitrogen and oxygen atoms in total. The van der Waals surface area contributed by atoms with Crippen molar-refractivity contribution in [1.29, 1.82) is 0 Å². The average Bonchev–Trinajstić information content (AvgIpc) is 2.50. The molecule has 1 aromatic carbocycles. The van der Waals surface area contributed by atoms with E-state index in [0.717, 1.165) is 23.3 Å². The smallest absolute Gasteiger partial charge is 0.142 e. The molecule has 0 unspecified atom stereocenters. The molecule has 3 rings (SSSR count). The lowest BCUT2D eigenvalue weighted by atomic mass is 9.63. The summed E-state index contributed by atoms with van der Waals surface area (Å²) in [4.78, 5) is 0. The lowest BCUT2D eigenvalue weighted by Crippen LogP contribution is -2.30. The zero-order valence-electron chi connectivity index (χ0n) is 13.0. The van der Waals surface area contributed by atoms with Gasteiger partial charge in [0.15, 0.2) is 0 Å². The Balaban J connectivity index is 1.64. The van der Waals surface area contributed by atoms with Gasteiger partial charge < -0.3 is 0 Å². The van der Waals surface area contributed by atoms with E-state index in [-0.39, 0.29) is 10.8 Å². The average molecular weight is 309 g/mol. The second-order valence-corrected chi connectivity index (χ2v) is 7.58. The second kappa shape index (κ2) is 6.69. The van der Waals surface area contributed by atoms with Crippen molar-refractivity contribution in [3.63, 3.8) is 0 Å². The molecule has 116 valence electrons. The van der Waals surface area contributed by atoms with Crippen LogP contribution in [0.1, 0.15) is 69.8 Å². The monoisotopic (exact) mass is 308 g/mol. The fraction of sp³-hybridized carbons (Fsp3) is 0.684. The zero-order valence-corrected chi connectivity index (χ0v) is 13.7. The Morgan fingerprint density at radius 1 is 1.10 bits per heavy atom. The van der Waals surface area contributed by atoms with Crippen LogP contribution < -0.4 is 0 Å². The Bertz CT molecular complexity index is 484. The van der Waals surface area contributed by atoms with Crippen LogP contribution >= 0.6 is 11.6 Å². The molecule has 1 aromatic rings. The third kappa shape index (κ3) is 3.44. The fourth-order valence-electron chi connectivity index (χ4n) is 4.73. The maximum absolute atomic E-state index is 13.7. The zero-order chi connectivity index (χ0) is 14.8. The molecular weight excluding hydrogens is 283 g/mol. The highest BCUT2D eigenvalue weighted by Gasteiger charge is 2.35. The summed E-state index contributed by atoms with van der Waals surface area (Å²) in [5.41, 5.74) is 1.16. The van der Waals surface area contributed by atoms with Crippen molar-refractivity contribution in [2.45, 2.75) is 64.2 Å². The molecule has 0 aliphatic heterocycles. The van der Waals surface area contributed by atoms with Gasteiger partial charge in [-0.2, -0.15) is 0 Å². The van der Waals surface area contributed by atoms with E-state index >= 15 is 0 Å². The number of benzene rings is 1. The molecular formula is C19H26ClF. The van der Waals surface area contributed by atoms with E-state index in [1.54, 1.807) is 12.1 Å². The van der Waals surface area contributed by atoms with Gasteiger partial charge in [-0.15, -0.1) is 0 Å².